The predicted molar refractivity (Wildman–Crippen MR) is 79.9 cm³/mol. The molecule has 0 aliphatic carbocycles. The van der Waals surface area contributed by atoms with Gasteiger partial charge in [0, 0.05) is 12.3 Å². The maximum Gasteiger partial charge on any atom is 0.0757 e. The van der Waals surface area contributed by atoms with Crippen LogP contribution in [0.15, 0.2) is 0 Å². The molecule has 0 saturated heterocycles. The Morgan fingerprint density at radius 3 is 2.00 bits per heavy atom. The highest BCUT2D eigenvalue weighted by Crippen LogP contribution is 2.11. The van der Waals surface area contributed by atoms with E-state index in [1.165, 1.54) is 25.7 Å². The lowest BCUT2D eigenvalue weighted by Crippen LogP contribution is -2.35. The van der Waals surface area contributed by atoms with E-state index in [1.54, 1.807) is 0 Å². The van der Waals surface area contributed by atoms with Crippen molar-refractivity contribution < 1.29 is 5.11 Å². The van der Waals surface area contributed by atoms with Crippen LogP contribution in [0.3, 0.4) is 0 Å². The smallest absolute Gasteiger partial charge is 0.0757 e. The van der Waals surface area contributed by atoms with Crippen LogP contribution in [0.1, 0.15) is 53.4 Å². The molecule has 0 aromatic carbocycles. The van der Waals surface area contributed by atoms with Gasteiger partial charge < -0.3 is 10.0 Å². The largest absolute Gasteiger partial charge is 0.391 e. The average molecular weight is 261 g/mol. The van der Waals surface area contributed by atoms with E-state index in [0.717, 1.165) is 25.4 Å². The number of unbranched alkanes of at least 4 members (excludes halogenated alkanes) is 2. The van der Waals surface area contributed by atoms with Crippen molar-refractivity contribution in [1.29, 1.82) is 0 Å². The van der Waals surface area contributed by atoms with Crippen LogP contribution in [-0.4, -0.2) is 46.7 Å². The molecule has 0 amide bonds. The fraction of sp³-hybridized carbons (Fsp3) is 1.00. The van der Waals surface area contributed by atoms with Crippen molar-refractivity contribution in [2.24, 2.45) is 0 Å². The molecule has 0 radical (unpaired) electrons. The van der Waals surface area contributed by atoms with Crippen LogP contribution in [0.25, 0.3) is 0 Å². The van der Waals surface area contributed by atoms with Crippen LogP contribution >= 0.6 is 11.8 Å². The van der Waals surface area contributed by atoms with E-state index in [-0.39, 0.29) is 6.10 Å². The summed E-state index contributed by atoms with van der Waals surface area (Å²) in [4.78, 5) is 2.43. The van der Waals surface area contributed by atoms with Crippen molar-refractivity contribution in [3.63, 3.8) is 0 Å². The van der Waals surface area contributed by atoms with Gasteiger partial charge in [-0.15, -0.1) is 0 Å². The zero-order valence-electron chi connectivity index (χ0n) is 12.1. The molecule has 0 aliphatic heterocycles. The van der Waals surface area contributed by atoms with Gasteiger partial charge in [0.15, 0.2) is 0 Å². The number of aliphatic hydroxyl groups excluding tert-OH is 1. The molecule has 0 saturated carbocycles. The molecule has 0 aliphatic rings. The molecule has 2 nitrogen and oxygen atoms in total. The molecule has 1 N–H and O–H groups in total. The molecular weight excluding hydrogens is 230 g/mol. The van der Waals surface area contributed by atoms with E-state index in [1.807, 2.05) is 11.8 Å². The minimum Gasteiger partial charge on any atom is -0.391 e. The lowest BCUT2D eigenvalue weighted by molar-refractivity contribution is 0.127. The first-order chi connectivity index (χ1) is 8.10. The van der Waals surface area contributed by atoms with Gasteiger partial charge in [-0.2, -0.15) is 11.8 Å². The highest BCUT2D eigenvalue weighted by atomic mass is 32.2. The first-order valence-corrected chi connectivity index (χ1v) is 8.17. The molecule has 1 atom stereocenters. The lowest BCUT2D eigenvalue weighted by Gasteiger charge is -2.25. The van der Waals surface area contributed by atoms with E-state index in [0.29, 0.717) is 5.25 Å². The third-order valence-electron chi connectivity index (χ3n) is 2.75. The zero-order valence-corrected chi connectivity index (χ0v) is 12.9. The van der Waals surface area contributed by atoms with Crippen LogP contribution in [-0.2, 0) is 0 Å². The predicted octanol–water partition coefficient (Wildman–Crippen LogP) is 3.39. The fourth-order valence-corrected chi connectivity index (χ4v) is 2.42. The van der Waals surface area contributed by atoms with Crippen molar-refractivity contribution in [2.75, 3.05) is 25.4 Å². The van der Waals surface area contributed by atoms with E-state index in [4.69, 9.17) is 0 Å². The number of hydrogen-bond donors (Lipinski definition) is 1. The van der Waals surface area contributed by atoms with Crippen molar-refractivity contribution >= 4 is 11.8 Å². The van der Waals surface area contributed by atoms with Gasteiger partial charge >= 0.3 is 0 Å². The van der Waals surface area contributed by atoms with Crippen LogP contribution in [0.5, 0.6) is 0 Å². The summed E-state index contributed by atoms with van der Waals surface area (Å²) in [5.41, 5.74) is 0. The van der Waals surface area contributed by atoms with Gasteiger partial charge in [0.05, 0.1) is 6.10 Å². The standard InChI is InChI=1S/C14H31NOS/c1-5-7-9-15(10-8-6-2)11-14(16)12-17-13(3)4/h13-14,16H,5-12H2,1-4H3. The molecule has 0 aromatic heterocycles. The Balaban J connectivity index is 3.84. The summed E-state index contributed by atoms with van der Waals surface area (Å²) in [6.07, 6.45) is 4.79. The molecule has 17 heavy (non-hydrogen) atoms. The Hall–Kier alpha value is 0.270. The summed E-state index contributed by atoms with van der Waals surface area (Å²) < 4.78 is 0. The Kier molecular flexibility index (Phi) is 11.5. The second-order valence-corrected chi connectivity index (χ2v) is 6.65. The van der Waals surface area contributed by atoms with Gasteiger partial charge in [0.25, 0.3) is 0 Å². The van der Waals surface area contributed by atoms with E-state index < -0.39 is 0 Å². The van der Waals surface area contributed by atoms with Crippen LogP contribution in [0, 0.1) is 0 Å². The van der Waals surface area contributed by atoms with E-state index in [2.05, 4.69) is 32.6 Å². The summed E-state index contributed by atoms with van der Waals surface area (Å²) in [6, 6.07) is 0. The van der Waals surface area contributed by atoms with Gasteiger partial charge in [-0.3, -0.25) is 0 Å². The summed E-state index contributed by atoms with van der Waals surface area (Å²) >= 11 is 1.85. The maximum absolute atomic E-state index is 10.0. The summed E-state index contributed by atoms with van der Waals surface area (Å²) in [7, 11) is 0. The molecule has 104 valence electrons. The summed E-state index contributed by atoms with van der Waals surface area (Å²) in [5, 5.41) is 10.6. The van der Waals surface area contributed by atoms with Gasteiger partial charge in [-0.25, -0.2) is 0 Å². The zero-order chi connectivity index (χ0) is 13.1. The molecule has 0 bridgehead atoms. The number of thioether (sulfide) groups is 1. The van der Waals surface area contributed by atoms with Crippen molar-refractivity contribution in [3.8, 4) is 0 Å². The number of aliphatic hydroxyl groups is 1. The van der Waals surface area contributed by atoms with Crippen molar-refractivity contribution in [2.45, 2.75) is 64.7 Å². The van der Waals surface area contributed by atoms with Gasteiger partial charge in [0.2, 0.25) is 0 Å². The van der Waals surface area contributed by atoms with Crippen molar-refractivity contribution in [3.05, 3.63) is 0 Å². The van der Waals surface area contributed by atoms with Crippen molar-refractivity contribution in [1.82, 2.24) is 4.90 Å². The second-order valence-electron chi connectivity index (χ2n) is 5.04. The Labute approximate surface area is 112 Å². The lowest BCUT2D eigenvalue weighted by atomic mass is 10.2. The number of nitrogens with zero attached hydrogens (tertiary/aromatic N) is 1. The van der Waals surface area contributed by atoms with Gasteiger partial charge in [-0.1, -0.05) is 40.5 Å². The Bertz CT molecular complexity index is 156. The Morgan fingerprint density at radius 1 is 1.06 bits per heavy atom. The average Bonchev–Trinajstić information content (AvgIpc) is 2.30. The molecule has 0 fully saturated rings. The third kappa shape index (κ3) is 11.1. The molecule has 0 spiro atoms. The normalized spacial score (nSPS) is 13.6. The van der Waals surface area contributed by atoms with Crippen LogP contribution in [0.2, 0.25) is 0 Å². The van der Waals surface area contributed by atoms with Crippen LogP contribution in [0.4, 0.5) is 0 Å². The fourth-order valence-electron chi connectivity index (χ4n) is 1.71. The highest BCUT2D eigenvalue weighted by molar-refractivity contribution is 7.99. The quantitative estimate of drug-likeness (QED) is 0.617. The number of rotatable bonds is 11. The third-order valence-corrected chi connectivity index (χ3v) is 3.99. The second kappa shape index (κ2) is 11.4. The van der Waals surface area contributed by atoms with Crippen LogP contribution < -0.4 is 0 Å². The summed E-state index contributed by atoms with van der Waals surface area (Å²) in [5.74, 6) is 0.867. The SMILES string of the molecule is CCCCN(CCCC)CC(O)CSC(C)C. The van der Waals surface area contributed by atoms with Gasteiger partial charge in [-0.05, 0) is 31.2 Å². The molecule has 1 unspecified atom stereocenters. The first kappa shape index (κ1) is 17.3. The monoisotopic (exact) mass is 261 g/mol. The van der Waals surface area contributed by atoms with E-state index in [9.17, 15) is 5.11 Å². The molecule has 0 aromatic rings. The molecule has 3 heteroatoms. The molecule has 0 rings (SSSR count). The minimum absolute atomic E-state index is 0.170. The summed E-state index contributed by atoms with van der Waals surface area (Å²) in [6.45, 7) is 11.9. The maximum atomic E-state index is 10.0. The number of hydrogen-bond acceptors (Lipinski definition) is 3. The molecular formula is C14H31NOS. The van der Waals surface area contributed by atoms with E-state index >= 15 is 0 Å². The molecule has 0 heterocycles. The Morgan fingerprint density at radius 2 is 1.59 bits per heavy atom. The minimum atomic E-state index is -0.170. The van der Waals surface area contributed by atoms with Gasteiger partial charge in [0.1, 0.15) is 0 Å². The first-order valence-electron chi connectivity index (χ1n) is 7.12. The highest BCUT2D eigenvalue weighted by Gasteiger charge is 2.11. The topological polar surface area (TPSA) is 23.5 Å².